The lowest BCUT2D eigenvalue weighted by Crippen LogP contribution is -2.13. The highest BCUT2D eigenvalue weighted by Gasteiger charge is 1.98. The van der Waals surface area contributed by atoms with Crippen LogP contribution in [0.2, 0.25) is 0 Å². The molecule has 0 heterocycles. The topological polar surface area (TPSA) is 26.0 Å². The highest BCUT2D eigenvalue weighted by molar-refractivity contribution is 14.1. The van der Waals surface area contributed by atoms with Gasteiger partial charge in [-0.2, -0.15) is 0 Å². The number of hydrogen-bond donors (Lipinski definition) is 1. The maximum atomic E-state index is 12.4. The van der Waals surface area contributed by atoms with Crippen LogP contribution in [0.25, 0.3) is 0 Å². The van der Waals surface area contributed by atoms with Gasteiger partial charge in [-0.3, -0.25) is 0 Å². The molecule has 0 aromatic heterocycles. The van der Waals surface area contributed by atoms with Crippen LogP contribution in [-0.2, 0) is 6.42 Å². The summed E-state index contributed by atoms with van der Waals surface area (Å²) in [7, 11) is 0. The predicted octanol–water partition coefficient (Wildman–Crippen LogP) is 2.09. The Kier molecular flexibility index (Phi) is 3.26. The van der Waals surface area contributed by atoms with E-state index in [0.717, 1.165) is 12.0 Å². The molecule has 0 aliphatic carbocycles. The summed E-state index contributed by atoms with van der Waals surface area (Å²) in [4.78, 5) is 0. The van der Waals surface area contributed by atoms with E-state index in [2.05, 4.69) is 22.6 Å². The average molecular weight is 265 g/mol. The predicted molar refractivity (Wildman–Crippen MR) is 52.1 cm³/mol. The minimum Gasteiger partial charge on any atom is -0.319 e. The minimum atomic E-state index is -0.198. The van der Waals surface area contributed by atoms with Gasteiger partial charge in [0.15, 0.2) is 0 Å². The van der Waals surface area contributed by atoms with Crippen LogP contribution in [-0.4, -0.2) is 4.05 Å². The van der Waals surface area contributed by atoms with Crippen LogP contribution in [0, 0.1) is 5.82 Å². The minimum absolute atomic E-state index is 0.109. The first-order chi connectivity index (χ1) is 5.18. The van der Waals surface area contributed by atoms with Gasteiger partial charge < -0.3 is 5.73 Å². The van der Waals surface area contributed by atoms with E-state index in [1.54, 1.807) is 12.1 Å². The summed E-state index contributed by atoms with van der Waals surface area (Å²) in [6, 6.07) is 6.42. The number of benzene rings is 1. The molecule has 0 amide bonds. The van der Waals surface area contributed by atoms with Gasteiger partial charge in [0, 0.05) is 0 Å². The molecule has 1 nitrogen and oxygen atoms in total. The average Bonchev–Trinajstić information content (AvgIpc) is 1.93. The van der Waals surface area contributed by atoms with E-state index in [0.29, 0.717) is 0 Å². The van der Waals surface area contributed by atoms with Gasteiger partial charge in [0.2, 0.25) is 0 Å². The normalized spacial score (nSPS) is 13.0. The second-order valence-electron chi connectivity index (χ2n) is 2.35. The molecule has 0 saturated carbocycles. The zero-order chi connectivity index (χ0) is 8.27. The van der Waals surface area contributed by atoms with Crippen molar-refractivity contribution in [1.29, 1.82) is 0 Å². The number of nitrogens with two attached hydrogens (primary N) is 1. The zero-order valence-electron chi connectivity index (χ0n) is 5.93. The summed E-state index contributed by atoms with van der Waals surface area (Å²) in [6.45, 7) is 0. The van der Waals surface area contributed by atoms with Crippen molar-refractivity contribution >= 4 is 22.6 Å². The van der Waals surface area contributed by atoms with Crippen molar-refractivity contribution in [3.8, 4) is 0 Å². The van der Waals surface area contributed by atoms with Crippen molar-refractivity contribution in [1.82, 2.24) is 0 Å². The molecular formula is C8H9FIN. The molecule has 0 aliphatic rings. The summed E-state index contributed by atoms with van der Waals surface area (Å²) in [5.74, 6) is -0.198. The molecule has 11 heavy (non-hydrogen) atoms. The van der Waals surface area contributed by atoms with Crippen molar-refractivity contribution in [2.75, 3.05) is 0 Å². The van der Waals surface area contributed by atoms with Gasteiger partial charge >= 0.3 is 0 Å². The van der Waals surface area contributed by atoms with Crippen molar-refractivity contribution < 1.29 is 4.39 Å². The highest BCUT2D eigenvalue weighted by atomic mass is 127. The molecule has 0 aliphatic heterocycles. The molecule has 1 unspecified atom stereocenters. The molecule has 0 fully saturated rings. The zero-order valence-corrected chi connectivity index (χ0v) is 8.08. The van der Waals surface area contributed by atoms with Crippen molar-refractivity contribution in [3.05, 3.63) is 35.6 Å². The first kappa shape index (κ1) is 8.93. The standard InChI is InChI=1S/C8H9FIN/c9-7-3-1-6(2-4-7)5-8(10)11/h1-4,8H,5,11H2. The van der Waals surface area contributed by atoms with Crippen LogP contribution in [0.3, 0.4) is 0 Å². The Hall–Kier alpha value is -0.160. The van der Waals surface area contributed by atoms with Gasteiger partial charge in [0.05, 0.1) is 4.05 Å². The molecule has 3 heteroatoms. The molecule has 1 rings (SSSR count). The summed E-state index contributed by atoms with van der Waals surface area (Å²) in [6.07, 6.45) is 0.792. The Morgan fingerprint density at radius 1 is 1.36 bits per heavy atom. The van der Waals surface area contributed by atoms with Gasteiger partial charge in [-0.1, -0.05) is 34.7 Å². The number of rotatable bonds is 2. The molecule has 60 valence electrons. The molecule has 1 aromatic rings. The highest BCUT2D eigenvalue weighted by Crippen LogP contribution is 2.07. The van der Waals surface area contributed by atoms with Gasteiger partial charge in [-0.25, -0.2) is 4.39 Å². The lowest BCUT2D eigenvalue weighted by Gasteiger charge is -2.02. The van der Waals surface area contributed by atoms with Gasteiger partial charge in [-0.05, 0) is 24.1 Å². The smallest absolute Gasteiger partial charge is 0.123 e. The molecular weight excluding hydrogens is 256 g/mol. The summed E-state index contributed by atoms with van der Waals surface area (Å²) in [5.41, 5.74) is 6.63. The molecule has 1 atom stereocenters. The van der Waals surface area contributed by atoms with Gasteiger partial charge in [0.1, 0.15) is 5.82 Å². The molecule has 1 aromatic carbocycles. The molecule has 0 spiro atoms. The van der Waals surface area contributed by atoms with E-state index in [-0.39, 0.29) is 9.87 Å². The maximum Gasteiger partial charge on any atom is 0.123 e. The van der Waals surface area contributed by atoms with Crippen LogP contribution in [0.1, 0.15) is 5.56 Å². The van der Waals surface area contributed by atoms with Crippen molar-refractivity contribution in [2.45, 2.75) is 10.5 Å². The maximum absolute atomic E-state index is 12.4. The fourth-order valence-corrected chi connectivity index (χ4v) is 1.35. The molecule has 0 saturated heterocycles. The van der Waals surface area contributed by atoms with Gasteiger partial charge in [-0.15, -0.1) is 0 Å². The van der Waals surface area contributed by atoms with Crippen LogP contribution < -0.4 is 5.73 Å². The first-order valence-corrected chi connectivity index (χ1v) is 4.57. The van der Waals surface area contributed by atoms with E-state index in [9.17, 15) is 4.39 Å². The SMILES string of the molecule is NC(I)Cc1ccc(F)cc1. The quantitative estimate of drug-likeness (QED) is 0.494. The second-order valence-corrected chi connectivity index (χ2v) is 3.95. The van der Waals surface area contributed by atoms with Crippen LogP contribution in [0.5, 0.6) is 0 Å². The largest absolute Gasteiger partial charge is 0.319 e. The van der Waals surface area contributed by atoms with Crippen molar-refractivity contribution in [2.24, 2.45) is 5.73 Å². The number of hydrogen-bond acceptors (Lipinski definition) is 1. The Balaban J connectivity index is 2.66. The van der Waals surface area contributed by atoms with Crippen LogP contribution >= 0.6 is 22.6 Å². The van der Waals surface area contributed by atoms with E-state index in [4.69, 9.17) is 5.73 Å². The lowest BCUT2D eigenvalue weighted by molar-refractivity contribution is 0.627. The number of halogens is 2. The summed E-state index contributed by atoms with van der Waals surface area (Å²) in [5, 5.41) is 0. The molecule has 0 bridgehead atoms. The van der Waals surface area contributed by atoms with Gasteiger partial charge in [0.25, 0.3) is 0 Å². The number of alkyl halides is 1. The fraction of sp³-hybridized carbons (Fsp3) is 0.250. The van der Waals surface area contributed by atoms with Crippen LogP contribution in [0.15, 0.2) is 24.3 Å². The second kappa shape index (κ2) is 4.01. The summed E-state index contributed by atoms with van der Waals surface area (Å²) < 4.78 is 12.5. The van der Waals surface area contributed by atoms with E-state index in [1.165, 1.54) is 12.1 Å². The third-order valence-electron chi connectivity index (χ3n) is 1.34. The fourth-order valence-electron chi connectivity index (χ4n) is 0.846. The van der Waals surface area contributed by atoms with Crippen molar-refractivity contribution in [3.63, 3.8) is 0 Å². The van der Waals surface area contributed by atoms with E-state index in [1.807, 2.05) is 0 Å². The lowest BCUT2D eigenvalue weighted by atomic mass is 10.1. The van der Waals surface area contributed by atoms with E-state index < -0.39 is 0 Å². The van der Waals surface area contributed by atoms with Crippen LogP contribution in [0.4, 0.5) is 4.39 Å². The third-order valence-corrected chi connectivity index (χ3v) is 1.78. The Morgan fingerprint density at radius 2 is 1.91 bits per heavy atom. The monoisotopic (exact) mass is 265 g/mol. The Morgan fingerprint density at radius 3 is 2.36 bits per heavy atom. The molecule has 0 radical (unpaired) electrons. The summed E-state index contributed by atoms with van der Waals surface area (Å²) >= 11 is 2.14. The Labute approximate surface area is 78.9 Å². The Bertz CT molecular complexity index is 220. The van der Waals surface area contributed by atoms with E-state index >= 15 is 0 Å². The first-order valence-electron chi connectivity index (χ1n) is 3.32. The third kappa shape index (κ3) is 3.16. The molecule has 2 N–H and O–H groups in total.